The van der Waals surface area contributed by atoms with Crippen molar-refractivity contribution in [3.05, 3.63) is 24.3 Å². The van der Waals surface area contributed by atoms with E-state index in [1.54, 1.807) is 0 Å². The number of carbonyl (C=O) groups is 1. The van der Waals surface area contributed by atoms with Crippen molar-refractivity contribution in [1.29, 1.82) is 0 Å². The summed E-state index contributed by atoms with van der Waals surface area (Å²) in [4.78, 5) is 14.1. The van der Waals surface area contributed by atoms with E-state index in [1.807, 2.05) is 19.1 Å². The van der Waals surface area contributed by atoms with Crippen LogP contribution in [0.2, 0.25) is 0 Å². The molecule has 2 fully saturated rings. The highest BCUT2D eigenvalue weighted by molar-refractivity contribution is 5.83. The van der Waals surface area contributed by atoms with Crippen molar-refractivity contribution in [3.8, 4) is 5.75 Å². The van der Waals surface area contributed by atoms with Crippen LogP contribution in [0.4, 0.5) is 5.69 Å². The van der Waals surface area contributed by atoms with Crippen LogP contribution in [0.5, 0.6) is 5.75 Å². The monoisotopic (exact) mass is 245 g/mol. The summed E-state index contributed by atoms with van der Waals surface area (Å²) in [6.45, 7) is 2.69. The molecule has 2 aliphatic rings. The lowest BCUT2D eigenvalue weighted by atomic mass is 10.0. The molecule has 1 aromatic carbocycles. The summed E-state index contributed by atoms with van der Waals surface area (Å²) in [6, 6.07) is 9.08. The van der Waals surface area contributed by atoms with Crippen molar-refractivity contribution in [2.45, 2.75) is 44.7 Å². The fourth-order valence-corrected chi connectivity index (χ4v) is 3.29. The highest BCUT2D eigenvalue weighted by atomic mass is 16.5. The SMILES string of the molecule is CCOc1cccc(N2C3CCC2CC(=O)C3)c1. The minimum absolute atomic E-state index is 0.410. The van der Waals surface area contributed by atoms with Crippen molar-refractivity contribution in [1.82, 2.24) is 0 Å². The van der Waals surface area contributed by atoms with Crippen molar-refractivity contribution in [2.75, 3.05) is 11.5 Å². The lowest BCUT2D eigenvalue weighted by molar-refractivity contribution is -0.120. The van der Waals surface area contributed by atoms with Crippen LogP contribution in [0, 0.1) is 0 Å². The van der Waals surface area contributed by atoms with Crippen LogP contribution < -0.4 is 9.64 Å². The number of anilines is 1. The Morgan fingerprint density at radius 3 is 2.67 bits per heavy atom. The van der Waals surface area contributed by atoms with Gasteiger partial charge in [0.1, 0.15) is 11.5 Å². The maximum atomic E-state index is 11.6. The molecule has 0 radical (unpaired) electrons. The van der Waals surface area contributed by atoms with Crippen molar-refractivity contribution >= 4 is 11.5 Å². The van der Waals surface area contributed by atoms with Crippen molar-refractivity contribution in [3.63, 3.8) is 0 Å². The summed E-state index contributed by atoms with van der Waals surface area (Å²) in [5, 5.41) is 0. The van der Waals surface area contributed by atoms with E-state index >= 15 is 0 Å². The minimum Gasteiger partial charge on any atom is -0.494 e. The van der Waals surface area contributed by atoms with Crippen molar-refractivity contribution < 1.29 is 9.53 Å². The molecular weight excluding hydrogens is 226 g/mol. The molecule has 2 unspecified atom stereocenters. The molecule has 3 rings (SSSR count). The number of hydrogen-bond acceptors (Lipinski definition) is 3. The highest BCUT2D eigenvalue weighted by Crippen LogP contribution is 2.38. The topological polar surface area (TPSA) is 29.5 Å². The fourth-order valence-electron chi connectivity index (χ4n) is 3.29. The smallest absolute Gasteiger partial charge is 0.137 e. The summed E-state index contributed by atoms with van der Waals surface area (Å²) in [6.07, 6.45) is 3.73. The number of ether oxygens (including phenoxy) is 1. The van der Waals surface area contributed by atoms with Crippen molar-refractivity contribution in [2.24, 2.45) is 0 Å². The molecule has 2 atom stereocenters. The second-order valence-corrected chi connectivity index (χ2v) is 5.17. The Kier molecular flexibility index (Phi) is 2.98. The largest absolute Gasteiger partial charge is 0.494 e. The summed E-state index contributed by atoms with van der Waals surface area (Å²) in [7, 11) is 0. The van der Waals surface area contributed by atoms with Gasteiger partial charge in [-0.05, 0) is 31.9 Å². The van der Waals surface area contributed by atoms with Crippen LogP contribution in [0.25, 0.3) is 0 Å². The van der Waals surface area contributed by atoms with E-state index in [0.29, 0.717) is 24.5 Å². The predicted octanol–water partition coefficient (Wildman–Crippen LogP) is 2.79. The zero-order valence-electron chi connectivity index (χ0n) is 10.8. The fraction of sp³-hybridized carbons (Fsp3) is 0.533. The van der Waals surface area contributed by atoms with Crippen LogP contribution in [0.1, 0.15) is 32.6 Å². The summed E-state index contributed by atoms with van der Waals surface area (Å²) >= 11 is 0. The van der Waals surface area contributed by atoms with Gasteiger partial charge in [-0.1, -0.05) is 6.07 Å². The second kappa shape index (κ2) is 4.63. The van der Waals surface area contributed by atoms with E-state index in [-0.39, 0.29) is 0 Å². The first kappa shape index (κ1) is 11.6. The van der Waals surface area contributed by atoms with Gasteiger partial charge in [0.05, 0.1) is 6.61 Å². The van der Waals surface area contributed by atoms with E-state index in [2.05, 4.69) is 17.0 Å². The number of ketones is 1. The third-order valence-corrected chi connectivity index (χ3v) is 3.97. The van der Waals surface area contributed by atoms with Crippen LogP contribution in [-0.4, -0.2) is 24.5 Å². The second-order valence-electron chi connectivity index (χ2n) is 5.17. The number of nitrogens with zero attached hydrogens (tertiary/aromatic N) is 1. The van der Waals surface area contributed by atoms with Gasteiger partial charge < -0.3 is 9.64 Å². The standard InChI is InChI=1S/C15H19NO2/c1-2-18-15-5-3-4-11(10-15)16-12-6-7-13(16)9-14(17)8-12/h3-5,10,12-13H,2,6-9H2,1H3. The Labute approximate surface area is 108 Å². The summed E-state index contributed by atoms with van der Waals surface area (Å²) < 4.78 is 5.56. The van der Waals surface area contributed by atoms with Gasteiger partial charge >= 0.3 is 0 Å². The number of carbonyl (C=O) groups excluding carboxylic acids is 1. The van der Waals surface area contributed by atoms with E-state index < -0.39 is 0 Å². The quantitative estimate of drug-likeness (QED) is 0.820. The molecule has 2 aliphatic heterocycles. The van der Waals surface area contributed by atoms with Crippen LogP contribution in [-0.2, 0) is 4.79 Å². The van der Waals surface area contributed by atoms with E-state index in [9.17, 15) is 4.79 Å². The highest BCUT2D eigenvalue weighted by Gasteiger charge is 2.40. The average Bonchev–Trinajstić information content (AvgIpc) is 2.63. The average molecular weight is 245 g/mol. The Bertz CT molecular complexity index is 442. The Morgan fingerprint density at radius 2 is 2.00 bits per heavy atom. The molecule has 0 aromatic heterocycles. The van der Waals surface area contributed by atoms with E-state index in [0.717, 1.165) is 31.4 Å². The molecular formula is C15H19NO2. The molecule has 3 heteroatoms. The number of benzene rings is 1. The zero-order valence-corrected chi connectivity index (χ0v) is 10.8. The number of hydrogen-bond donors (Lipinski definition) is 0. The van der Waals surface area contributed by atoms with E-state index in [4.69, 9.17) is 4.74 Å². The summed E-state index contributed by atoms with van der Waals surface area (Å²) in [5.41, 5.74) is 1.21. The molecule has 0 saturated carbocycles. The van der Waals surface area contributed by atoms with Crippen LogP contribution in [0.15, 0.2) is 24.3 Å². The molecule has 3 nitrogen and oxygen atoms in total. The van der Waals surface area contributed by atoms with Gasteiger partial charge in [0.25, 0.3) is 0 Å². The molecule has 1 aromatic rings. The molecule has 0 N–H and O–H groups in total. The molecule has 0 amide bonds. The first-order chi connectivity index (χ1) is 8.78. The van der Waals surface area contributed by atoms with Gasteiger partial charge in [-0.15, -0.1) is 0 Å². The third-order valence-electron chi connectivity index (χ3n) is 3.97. The van der Waals surface area contributed by atoms with Crippen LogP contribution >= 0.6 is 0 Å². The third kappa shape index (κ3) is 1.98. The molecule has 18 heavy (non-hydrogen) atoms. The van der Waals surface area contributed by atoms with Gasteiger partial charge in [0, 0.05) is 36.7 Å². The molecule has 96 valence electrons. The molecule has 2 saturated heterocycles. The first-order valence-corrected chi connectivity index (χ1v) is 6.81. The molecule has 2 heterocycles. The van der Waals surface area contributed by atoms with Crippen LogP contribution in [0.3, 0.4) is 0 Å². The number of fused-ring (bicyclic) bond motifs is 2. The molecule has 0 spiro atoms. The Balaban J connectivity index is 1.86. The Hall–Kier alpha value is -1.51. The number of Topliss-reactive ketones (excluding diaryl/α,β-unsaturated/α-hetero) is 1. The van der Waals surface area contributed by atoms with E-state index in [1.165, 1.54) is 5.69 Å². The normalized spacial score (nSPS) is 26.5. The maximum absolute atomic E-state index is 11.6. The first-order valence-electron chi connectivity index (χ1n) is 6.81. The Morgan fingerprint density at radius 1 is 1.28 bits per heavy atom. The summed E-state index contributed by atoms with van der Waals surface area (Å²) in [5.74, 6) is 1.35. The lowest BCUT2D eigenvalue weighted by Gasteiger charge is -2.36. The number of piperidine rings is 1. The van der Waals surface area contributed by atoms with Gasteiger partial charge in [-0.3, -0.25) is 4.79 Å². The number of rotatable bonds is 3. The van der Waals surface area contributed by atoms with Gasteiger partial charge in [0.15, 0.2) is 0 Å². The zero-order chi connectivity index (χ0) is 12.5. The molecule has 0 aliphatic carbocycles. The lowest BCUT2D eigenvalue weighted by Crippen LogP contribution is -2.43. The van der Waals surface area contributed by atoms with Gasteiger partial charge in [0.2, 0.25) is 0 Å². The van der Waals surface area contributed by atoms with Gasteiger partial charge in [-0.2, -0.15) is 0 Å². The van der Waals surface area contributed by atoms with Gasteiger partial charge in [-0.25, -0.2) is 0 Å². The predicted molar refractivity (Wildman–Crippen MR) is 71.1 cm³/mol. The molecule has 2 bridgehead atoms. The maximum Gasteiger partial charge on any atom is 0.137 e. The minimum atomic E-state index is 0.410.